The minimum Gasteiger partial charge on any atom is -0.329 e. The Bertz CT molecular complexity index is 248. The highest BCUT2D eigenvalue weighted by molar-refractivity contribution is 5.13. The number of rotatable bonds is 4. The molecule has 16 heavy (non-hydrogen) atoms. The molecule has 1 unspecified atom stereocenters. The monoisotopic (exact) mass is 236 g/mol. The summed E-state index contributed by atoms with van der Waals surface area (Å²) in [5.41, 5.74) is 5.23. The zero-order chi connectivity index (χ0) is 12.2. The number of hydrogen-bond acceptors (Lipinski definition) is 2. The number of nitrogens with two attached hydrogens (primary N) is 1. The van der Waals surface area contributed by atoms with Crippen LogP contribution >= 0.6 is 0 Å². The number of nitrogens with zero attached hydrogens (tertiary/aromatic N) is 1. The molecule has 2 nitrogen and oxygen atoms in total. The molecule has 0 aromatic carbocycles. The van der Waals surface area contributed by atoms with Gasteiger partial charge in [0.15, 0.2) is 0 Å². The fourth-order valence-corrected chi connectivity index (χ4v) is 2.06. The SMILES string of the molecule is CCCC(CN)N1CC=C(C(F)(F)F)CC1. The van der Waals surface area contributed by atoms with Crippen LogP contribution in [0.5, 0.6) is 0 Å². The predicted octanol–water partition coefficient (Wildman–Crippen LogP) is 2.31. The molecular formula is C11H19F3N2. The van der Waals surface area contributed by atoms with Crippen LogP contribution in [0.2, 0.25) is 0 Å². The molecule has 0 aromatic heterocycles. The molecular weight excluding hydrogens is 217 g/mol. The molecule has 1 rings (SSSR count). The van der Waals surface area contributed by atoms with Crippen molar-refractivity contribution in [3.63, 3.8) is 0 Å². The molecule has 0 saturated heterocycles. The van der Waals surface area contributed by atoms with Crippen LogP contribution in [0.4, 0.5) is 13.2 Å². The van der Waals surface area contributed by atoms with Gasteiger partial charge in [-0.15, -0.1) is 0 Å². The normalized spacial score (nSPS) is 20.7. The van der Waals surface area contributed by atoms with E-state index in [4.69, 9.17) is 5.73 Å². The molecule has 0 fully saturated rings. The summed E-state index contributed by atoms with van der Waals surface area (Å²) < 4.78 is 37.2. The molecule has 0 amide bonds. The van der Waals surface area contributed by atoms with E-state index in [9.17, 15) is 13.2 Å². The van der Waals surface area contributed by atoms with Gasteiger partial charge in [-0.25, -0.2) is 0 Å². The van der Waals surface area contributed by atoms with Gasteiger partial charge in [0.1, 0.15) is 0 Å². The van der Waals surface area contributed by atoms with E-state index in [1.54, 1.807) is 0 Å². The largest absolute Gasteiger partial charge is 0.412 e. The van der Waals surface area contributed by atoms with Crippen LogP contribution in [0.25, 0.3) is 0 Å². The lowest BCUT2D eigenvalue weighted by Crippen LogP contribution is -2.43. The van der Waals surface area contributed by atoms with Gasteiger partial charge in [0, 0.05) is 31.2 Å². The van der Waals surface area contributed by atoms with Crippen LogP contribution < -0.4 is 5.73 Å². The van der Waals surface area contributed by atoms with Gasteiger partial charge in [0.25, 0.3) is 0 Å². The van der Waals surface area contributed by atoms with Crippen LogP contribution in [-0.4, -0.2) is 36.8 Å². The standard InChI is InChI=1S/C11H19F3N2/c1-2-3-10(8-15)16-6-4-9(5-7-16)11(12,13)14/h4,10H,2-3,5-8,15H2,1H3. The first-order valence-electron chi connectivity index (χ1n) is 5.69. The Hall–Kier alpha value is -0.550. The van der Waals surface area contributed by atoms with Crippen molar-refractivity contribution >= 4 is 0 Å². The maximum Gasteiger partial charge on any atom is 0.412 e. The number of alkyl halides is 3. The third-order valence-electron chi connectivity index (χ3n) is 3.02. The van der Waals surface area contributed by atoms with Crippen LogP contribution in [0, 0.1) is 0 Å². The van der Waals surface area contributed by atoms with Gasteiger partial charge in [-0.3, -0.25) is 4.90 Å². The summed E-state index contributed by atoms with van der Waals surface area (Å²) >= 11 is 0. The first-order chi connectivity index (χ1) is 7.49. The van der Waals surface area contributed by atoms with E-state index in [-0.39, 0.29) is 12.5 Å². The highest BCUT2D eigenvalue weighted by atomic mass is 19.4. The van der Waals surface area contributed by atoms with Gasteiger partial charge in [-0.05, 0) is 12.8 Å². The number of hydrogen-bond donors (Lipinski definition) is 1. The summed E-state index contributed by atoms with van der Waals surface area (Å²) in [5.74, 6) is 0. The van der Waals surface area contributed by atoms with Crippen molar-refractivity contribution in [3.05, 3.63) is 11.6 Å². The Morgan fingerprint density at radius 1 is 1.50 bits per heavy atom. The smallest absolute Gasteiger partial charge is 0.329 e. The van der Waals surface area contributed by atoms with Crippen molar-refractivity contribution in [2.75, 3.05) is 19.6 Å². The van der Waals surface area contributed by atoms with Crippen molar-refractivity contribution in [3.8, 4) is 0 Å². The highest BCUT2D eigenvalue weighted by Gasteiger charge is 2.35. The third kappa shape index (κ3) is 3.49. The molecule has 1 heterocycles. The Balaban J connectivity index is 2.56. The maximum absolute atomic E-state index is 12.4. The van der Waals surface area contributed by atoms with E-state index in [2.05, 4.69) is 6.92 Å². The second-order valence-corrected chi connectivity index (χ2v) is 4.15. The molecule has 1 aliphatic heterocycles. The Morgan fingerprint density at radius 3 is 2.56 bits per heavy atom. The fourth-order valence-electron chi connectivity index (χ4n) is 2.06. The van der Waals surface area contributed by atoms with E-state index in [0.29, 0.717) is 19.6 Å². The minimum atomic E-state index is -4.16. The van der Waals surface area contributed by atoms with Gasteiger partial charge in [0.05, 0.1) is 0 Å². The summed E-state index contributed by atoms with van der Waals surface area (Å²) in [6, 6.07) is 0.219. The molecule has 1 atom stereocenters. The van der Waals surface area contributed by atoms with Gasteiger partial charge in [-0.2, -0.15) is 13.2 Å². The second-order valence-electron chi connectivity index (χ2n) is 4.15. The lowest BCUT2D eigenvalue weighted by Gasteiger charge is -2.33. The highest BCUT2D eigenvalue weighted by Crippen LogP contribution is 2.30. The maximum atomic E-state index is 12.4. The van der Waals surface area contributed by atoms with Gasteiger partial charge in [0.2, 0.25) is 0 Å². The summed E-state index contributed by atoms with van der Waals surface area (Å²) in [6.45, 7) is 3.41. The molecule has 0 aliphatic carbocycles. The molecule has 1 aliphatic rings. The first kappa shape index (κ1) is 13.5. The molecule has 0 radical (unpaired) electrons. The zero-order valence-corrected chi connectivity index (χ0v) is 9.56. The van der Waals surface area contributed by atoms with E-state index >= 15 is 0 Å². The Labute approximate surface area is 94.3 Å². The predicted molar refractivity (Wildman–Crippen MR) is 58.1 cm³/mol. The molecule has 0 bridgehead atoms. The minimum absolute atomic E-state index is 0.0870. The van der Waals surface area contributed by atoms with Crippen LogP contribution in [0.3, 0.4) is 0 Å². The van der Waals surface area contributed by atoms with Crippen molar-refractivity contribution in [2.45, 2.75) is 38.4 Å². The van der Waals surface area contributed by atoms with E-state index < -0.39 is 11.7 Å². The molecule has 2 N–H and O–H groups in total. The van der Waals surface area contributed by atoms with Gasteiger partial charge >= 0.3 is 6.18 Å². The molecule has 0 aromatic rings. The van der Waals surface area contributed by atoms with Crippen molar-refractivity contribution in [2.24, 2.45) is 5.73 Å². The topological polar surface area (TPSA) is 29.3 Å². The molecule has 0 saturated carbocycles. The molecule has 5 heteroatoms. The van der Waals surface area contributed by atoms with E-state index in [1.165, 1.54) is 6.08 Å². The van der Waals surface area contributed by atoms with Gasteiger partial charge in [-0.1, -0.05) is 19.4 Å². The van der Waals surface area contributed by atoms with Gasteiger partial charge < -0.3 is 5.73 Å². The third-order valence-corrected chi connectivity index (χ3v) is 3.02. The fraction of sp³-hybridized carbons (Fsp3) is 0.818. The quantitative estimate of drug-likeness (QED) is 0.759. The summed E-state index contributed by atoms with van der Waals surface area (Å²) in [7, 11) is 0. The summed E-state index contributed by atoms with van der Waals surface area (Å²) in [4.78, 5) is 2.04. The molecule has 0 spiro atoms. The van der Waals surface area contributed by atoms with E-state index in [0.717, 1.165) is 12.8 Å². The van der Waals surface area contributed by atoms with Crippen LogP contribution in [0.1, 0.15) is 26.2 Å². The second kappa shape index (κ2) is 5.68. The summed E-state index contributed by atoms with van der Waals surface area (Å²) in [6.07, 6.45) is -0.819. The van der Waals surface area contributed by atoms with Crippen molar-refractivity contribution in [1.29, 1.82) is 0 Å². The zero-order valence-electron chi connectivity index (χ0n) is 9.56. The van der Waals surface area contributed by atoms with Crippen molar-refractivity contribution < 1.29 is 13.2 Å². The summed E-state index contributed by atoms with van der Waals surface area (Å²) in [5, 5.41) is 0. The Morgan fingerprint density at radius 2 is 2.19 bits per heavy atom. The lowest BCUT2D eigenvalue weighted by molar-refractivity contribution is -0.0964. The van der Waals surface area contributed by atoms with E-state index in [1.807, 2.05) is 4.90 Å². The molecule has 94 valence electrons. The average Bonchev–Trinajstić information content (AvgIpc) is 2.25. The Kier molecular flexibility index (Phi) is 4.80. The average molecular weight is 236 g/mol. The van der Waals surface area contributed by atoms with Crippen LogP contribution in [0.15, 0.2) is 11.6 Å². The first-order valence-corrected chi connectivity index (χ1v) is 5.69. The van der Waals surface area contributed by atoms with Crippen LogP contribution in [-0.2, 0) is 0 Å². The number of halogens is 3. The lowest BCUT2D eigenvalue weighted by atomic mass is 10.0. The van der Waals surface area contributed by atoms with Crippen molar-refractivity contribution in [1.82, 2.24) is 4.90 Å².